The van der Waals surface area contributed by atoms with Gasteiger partial charge in [0.25, 0.3) is 0 Å². The number of hydrogen-bond donors (Lipinski definition) is 0. The molecule has 1 fully saturated rings. The van der Waals surface area contributed by atoms with Crippen molar-refractivity contribution < 1.29 is 9.53 Å². The Balaban J connectivity index is 1.77. The topological polar surface area (TPSA) is 60.2 Å². The molecule has 1 saturated heterocycles. The van der Waals surface area contributed by atoms with Crippen LogP contribution in [0.3, 0.4) is 0 Å². The molecule has 0 spiro atoms. The zero-order valence-electron chi connectivity index (χ0n) is 14.5. The predicted molar refractivity (Wildman–Crippen MR) is 90.7 cm³/mol. The molecule has 1 aliphatic heterocycles. The number of aryl methyl sites for hydroxylation is 1. The molecule has 2 heterocycles. The Bertz CT molecular complexity index is 699. The third-order valence-corrected chi connectivity index (χ3v) is 4.76. The molecule has 2 aromatic rings. The Morgan fingerprint density at radius 2 is 2.25 bits per heavy atom. The van der Waals surface area contributed by atoms with E-state index in [1.54, 1.807) is 11.0 Å². The fourth-order valence-electron chi connectivity index (χ4n) is 3.40. The summed E-state index contributed by atoms with van der Waals surface area (Å²) < 4.78 is 6.76. The first-order valence-electron chi connectivity index (χ1n) is 8.35. The van der Waals surface area contributed by atoms with Crippen molar-refractivity contribution in [3.05, 3.63) is 42.0 Å². The number of carbonyl (C=O) groups excluding carboxylic acids is 1. The number of benzene rings is 1. The van der Waals surface area contributed by atoms with Gasteiger partial charge in [-0.05, 0) is 49.4 Å². The Kier molecular flexibility index (Phi) is 4.94. The minimum Gasteiger partial charge on any atom is -0.468 e. The molecule has 24 heavy (non-hydrogen) atoms. The zero-order valence-corrected chi connectivity index (χ0v) is 14.5. The van der Waals surface area contributed by atoms with Crippen LogP contribution in [0, 0.1) is 12.8 Å². The van der Waals surface area contributed by atoms with Crippen LogP contribution < -0.4 is 0 Å². The maximum atomic E-state index is 12.1. The molecule has 0 amide bonds. The summed E-state index contributed by atoms with van der Waals surface area (Å²) in [5, 5.41) is 4.18. The largest absolute Gasteiger partial charge is 0.468 e. The van der Waals surface area contributed by atoms with E-state index < -0.39 is 0 Å². The van der Waals surface area contributed by atoms with Gasteiger partial charge in [-0.1, -0.05) is 19.1 Å². The predicted octanol–water partition coefficient (Wildman–Crippen LogP) is 2.35. The molecule has 3 rings (SSSR count). The van der Waals surface area contributed by atoms with Gasteiger partial charge in [0.2, 0.25) is 0 Å². The van der Waals surface area contributed by atoms with E-state index in [9.17, 15) is 4.79 Å². The first-order chi connectivity index (χ1) is 11.6. The van der Waals surface area contributed by atoms with Crippen molar-refractivity contribution in [1.82, 2.24) is 19.7 Å². The van der Waals surface area contributed by atoms with Crippen LogP contribution in [0.2, 0.25) is 0 Å². The first-order valence-corrected chi connectivity index (χ1v) is 8.35. The summed E-state index contributed by atoms with van der Waals surface area (Å²) in [7, 11) is 1.47. The lowest BCUT2D eigenvalue weighted by atomic mass is 9.92. The second-order valence-corrected chi connectivity index (χ2v) is 6.60. The number of esters is 1. The summed E-state index contributed by atoms with van der Waals surface area (Å²) in [5.41, 5.74) is 3.35. The van der Waals surface area contributed by atoms with Gasteiger partial charge < -0.3 is 4.74 Å². The minimum absolute atomic E-state index is 0.127. The highest BCUT2D eigenvalue weighted by Crippen LogP contribution is 2.26. The molecule has 0 bridgehead atoms. The van der Waals surface area contributed by atoms with E-state index in [0.717, 1.165) is 37.2 Å². The SMILES string of the molecule is COC(=O)[C@@H]1C[C@@H](C)CCN1Cc1ccc(-n2cncn2)c(C)c1. The molecule has 0 N–H and O–H groups in total. The van der Waals surface area contributed by atoms with Crippen LogP contribution in [-0.2, 0) is 16.1 Å². The zero-order chi connectivity index (χ0) is 17.1. The number of methoxy groups -OCH3 is 1. The number of aromatic nitrogens is 3. The van der Waals surface area contributed by atoms with E-state index in [4.69, 9.17) is 4.74 Å². The lowest BCUT2D eigenvalue weighted by Gasteiger charge is -2.36. The van der Waals surface area contributed by atoms with E-state index in [1.807, 2.05) is 0 Å². The molecule has 0 saturated carbocycles. The standard InChI is InChI=1S/C18H24N4O2/c1-13-6-7-21(17(8-13)18(23)24-3)10-15-4-5-16(14(2)9-15)22-12-19-11-20-22/h4-5,9,11-13,17H,6-8,10H2,1-3H3/t13-,17-/m0/s1. The average Bonchev–Trinajstić information content (AvgIpc) is 3.10. The van der Waals surface area contributed by atoms with Gasteiger partial charge in [-0.15, -0.1) is 0 Å². The molecule has 2 atom stereocenters. The van der Waals surface area contributed by atoms with Gasteiger partial charge >= 0.3 is 5.97 Å². The van der Waals surface area contributed by atoms with Crippen molar-refractivity contribution in [3.63, 3.8) is 0 Å². The number of likely N-dealkylation sites (tertiary alicyclic amines) is 1. The smallest absolute Gasteiger partial charge is 0.323 e. The van der Waals surface area contributed by atoms with Crippen LogP contribution >= 0.6 is 0 Å². The Labute approximate surface area is 142 Å². The van der Waals surface area contributed by atoms with Gasteiger partial charge in [-0.2, -0.15) is 5.10 Å². The van der Waals surface area contributed by atoms with Gasteiger partial charge in [0, 0.05) is 6.54 Å². The number of nitrogens with zero attached hydrogens (tertiary/aromatic N) is 4. The quantitative estimate of drug-likeness (QED) is 0.806. The van der Waals surface area contributed by atoms with Gasteiger partial charge in [0.15, 0.2) is 0 Å². The highest BCUT2D eigenvalue weighted by molar-refractivity contribution is 5.75. The third-order valence-electron chi connectivity index (χ3n) is 4.76. The molecule has 6 nitrogen and oxygen atoms in total. The van der Waals surface area contributed by atoms with Crippen molar-refractivity contribution in [3.8, 4) is 5.69 Å². The van der Waals surface area contributed by atoms with Crippen molar-refractivity contribution >= 4 is 5.97 Å². The molecule has 128 valence electrons. The molecule has 1 aromatic heterocycles. The summed E-state index contributed by atoms with van der Waals surface area (Å²) in [6.45, 7) is 5.94. The van der Waals surface area contributed by atoms with Gasteiger partial charge in [0.05, 0.1) is 12.8 Å². The summed E-state index contributed by atoms with van der Waals surface area (Å²) in [6, 6.07) is 6.16. The molecule has 0 radical (unpaired) electrons. The molecule has 1 aliphatic rings. The molecule has 6 heteroatoms. The van der Waals surface area contributed by atoms with Crippen molar-refractivity contribution in [2.24, 2.45) is 5.92 Å². The Morgan fingerprint density at radius 3 is 2.92 bits per heavy atom. The fourth-order valence-corrected chi connectivity index (χ4v) is 3.40. The van der Waals surface area contributed by atoms with Crippen LogP contribution in [-0.4, -0.2) is 45.3 Å². The van der Waals surface area contributed by atoms with Crippen molar-refractivity contribution in [2.75, 3.05) is 13.7 Å². The summed E-state index contributed by atoms with van der Waals surface area (Å²) in [4.78, 5) is 18.3. The van der Waals surface area contributed by atoms with Crippen molar-refractivity contribution in [2.45, 2.75) is 39.3 Å². The Morgan fingerprint density at radius 1 is 1.42 bits per heavy atom. The molecular weight excluding hydrogens is 304 g/mol. The van der Waals surface area contributed by atoms with E-state index in [1.165, 1.54) is 19.0 Å². The molecular formula is C18H24N4O2. The molecule has 0 aliphatic carbocycles. The second-order valence-electron chi connectivity index (χ2n) is 6.60. The van der Waals surface area contributed by atoms with E-state index >= 15 is 0 Å². The van der Waals surface area contributed by atoms with E-state index in [2.05, 4.69) is 47.0 Å². The maximum absolute atomic E-state index is 12.1. The first kappa shape index (κ1) is 16.6. The summed E-state index contributed by atoms with van der Waals surface area (Å²) in [5.74, 6) is 0.430. The van der Waals surface area contributed by atoms with Crippen LogP contribution in [0.25, 0.3) is 5.69 Å². The third kappa shape index (κ3) is 3.48. The van der Waals surface area contributed by atoms with Crippen molar-refractivity contribution in [1.29, 1.82) is 0 Å². The number of hydrogen-bond acceptors (Lipinski definition) is 5. The monoisotopic (exact) mass is 328 g/mol. The van der Waals surface area contributed by atoms with Crippen LogP contribution in [0.4, 0.5) is 0 Å². The number of rotatable bonds is 4. The van der Waals surface area contributed by atoms with Crippen LogP contribution in [0.1, 0.15) is 30.9 Å². The van der Waals surface area contributed by atoms with E-state index in [-0.39, 0.29) is 12.0 Å². The number of carbonyl (C=O) groups is 1. The summed E-state index contributed by atoms with van der Waals surface area (Å²) in [6.07, 6.45) is 5.21. The van der Waals surface area contributed by atoms with Gasteiger partial charge in [-0.3, -0.25) is 9.69 Å². The normalized spacial score (nSPS) is 21.6. The van der Waals surface area contributed by atoms with Crippen LogP contribution in [0.15, 0.2) is 30.9 Å². The fraction of sp³-hybridized carbons (Fsp3) is 0.500. The number of ether oxygens (including phenoxy) is 1. The second kappa shape index (κ2) is 7.13. The van der Waals surface area contributed by atoms with Gasteiger partial charge in [0.1, 0.15) is 18.7 Å². The van der Waals surface area contributed by atoms with Gasteiger partial charge in [-0.25, -0.2) is 9.67 Å². The Hall–Kier alpha value is -2.21. The maximum Gasteiger partial charge on any atom is 0.323 e. The summed E-state index contributed by atoms with van der Waals surface area (Å²) >= 11 is 0. The van der Waals surface area contributed by atoms with Crippen LogP contribution in [0.5, 0.6) is 0 Å². The highest BCUT2D eigenvalue weighted by atomic mass is 16.5. The molecule has 1 aromatic carbocycles. The minimum atomic E-state index is -0.144. The highest BCUT2D eigenvalue weighted by Gasteiger charge is 2.32. The lowest BCUT2D eigenvalue weighted by molar-refractivity contribution is -0.149. The van der Waals surface area contributed by atoms with E-state index in [0.29, 0.717) is 5.92 Å². The lowest BCUT2D eigenvalue weighted by Crippen LogP contribution is -2.46. The molecule has 0 unspecified atom stereocenters. The number of piperidine rings is 1. The average molecular weight is 328 g/mol.